The number of nitrogens with zero attached hydrogens (tertiary/aromatic N) is 1. The van der Waals surface area contributed by atoms with E-state index in [1.807, 2.05) is 44.2 Å². The van der Waals surface area contributed by atoms with Crippen molar-refractivity contribution in [3.63, 3.8) is 0 Å². The van der Waals surface area contributed by atoms with Gasteiger partial charge in [-0.1, -0.05) is 76.3 Å². The van der Waals surface area contributed by atoms with Gasteiger partial charge in [-0.25, -0.2) is 12.7 Å². The molecule has 248 valence electrons. The van der Waals surface area contributed by atoms with E-state index in [4.69, 9.17) is 6.42 Å². The van der Waals surface area contributed by atoms with Gasteiger partial charge in [-0.15, -0.1) is 12.3 Å². The van der Waals surface area contributed by atoms with E-state index >= 15 is 0 Å². The summed E-state index contributed by atoms with van der Waals surface area (Å²) in [5, 5.41) is 30.4. The third kappa shape index (κ3) is 12.9. The Labute approximate surface area is 264 Å². The fourth-order valence-corrected chi connectivity index (χ4v) is 7.17. The van der Waals surface area contributed by atoms with Gasteiger partial charge in [0.05, 0.1) is 23.8 Å². The summed E-state index contributed by atoms with van der Waals surface area (Å²) in [5.41, 5.74) is 0.786. The summed E-state index contributed by atoms with van der Waals surface area (Å²) >= 11 is 0. The lowest BCUT2D eigenvalue weighted by molar-refractivity contribution is -0.132. The maximum absolute atomic E-state index is 13.7. The van der Waals surface area contributed by atoms with Crippen LogP contribution in [0.2, 0.25) is 0 Å². The summed E-state index contributed by atoms with van der Waals surface area (Å²) in [5.74, 6) is 0.302. The van der Waals surface area contributed by atoms with Crippen molar-refractivity contribution in [2.45, 2.75) is 95.9 Å². The highest BCUT2D eigenvalue weighted by atomic mass is 32.2. The highest BCUT2D eigenvalue weighted by Crippen LogP contribution is 2.29. The van der Waals surface area contributed by atoms with Gasteiger partial charge in [0.2, 0.25) is 21.8 Å². The maximum Gasteiger partial charge on any atom is 0.243 e. The summed E-state index contributed by atoms with van der Waals surface area (Å²) < 4.78 is 27.6. The number of carbonyl (C=O) groups excluding carboxylic acids is 2. The molecule has 2 rings (SSSR count). The van der Waals surface area contributed by atoms with Gasteiger partial charge in [-0.05, 0) is 43.7 Å². The van der Waals surface area contributed by atoms with Crippen LogP contribution in [-0.4, -0.2) is 92.0 Å². The van der Waals surface area contributed by atoms with E-state index in [0.29, 0.717) is 25.3 Å². The molecule has 1 aliphatic rings. The first-order valence-corrected chi connectivity index (χ1v) is 17.5. The van der Waals surface area contributed by atoms with Gasteiger partial charge in [-0.3, -0.25) is 9.59 Å². The molecule has 0 unspecified atom stereocenters. The van der Waals surface area contributed by atoms with Crippen LogP contribution in [0.1, 0.15) is 70.8 Å². The van der Waals surface area contributed by atoms with Gasteiger partial charge in [0, 0.05) is 26.6 Å². The van der Waals surface area contributed by atoms with Crippen LogP contribution in [0.15, 0.2) is 30.3 Å². The van der Waals surface area contributed by atoms with Crippen molar-refractivity contribution in [3.8, 4) is 12.3 Å². The van der Waals surface area contributed by atoms with E-state index < -0.39 is 57.8 Å². The summed E-state index contributed by atoms with van der Waals surface area (Å²) in [6, 6.07) is 7.25. The molecule has 0 heterocycles. The number of aliphatic hydroxyl groups excluding tert-OH is 2. The van der Waals surface area contributed by atoms with E-state index in [9.17, 15) is 28.2 Å². The van der Waals surface area contributed by atoms with Crippen LogP contribution in [0.4, 0.5) is 0 Å². The Morgan fingerprint density at radius 1 is 1.07 bits per heavy atom. The second-order valence-corrected chi connectivity index (χ2v) is 14.7. The monoisotopic (exact) mass is 634 g/mol. The Kier molecular flexibility index (Phi) is 16.4. The van der Waals surface area contributed by atoms with Gasteiger partial charge in [0.1, 0.15) is 12.1 Å². The summed E-state index contributed by atoms with van der Waals surface area (Å²) in [4.78, 5) is 27.3. The number of terminal acetylenes is 1. The van der Waals surface area contributed by atoms with E-state index in [1.54, 1.807) is 7.05 Å². The number of aliphatic hydroxyl groups is 2. The SMILES string of the molecule is C#CC[C@H](NC(=O)[C@H](Cc1ccccc1)CS(=O)(=O)N(C)CCNC)C(=O)N[C@@H](CC1CCCCC1)[C@@H](O)[C@@H](O)CC(C)C. The van der Waals surface area contributed by atoms with Crippen LogP contribution in [-0.2, 0) is 26.0 Å². The standard InChI is InChI=1S/C33H54N4O6S/c1-6-13-28(33(41)36-29(22-26-16-11-8-12-17-26)31(39)30(38)20-24(2)3)35-32(40)27(21-25-14-9-7-10-15-25)23-44(42,43)37(5)19-18-34-4/h1,7,9-10,14-15,24,26-31,34,38-39H,8,11-13,16-23H2,2-5H3,(H,35,40)(H,36,41)/t27-,28+,29+,30+,31-/m1/s1. The van der Waals surface area contributed by atoms with Gasteiger partial charge >= 0.3 is 0 Å². The fraction of sp³-hybridized carbons (Fsp3) is 0.697. The van der Waals surface area contributed by atoms with Crippen LogP contribution in [0.3, 0.4) is 0 Å². The average molecular weight is 635 g/mol. The van der Waals surface area contributed by atoms with Gasteiger partial charge in [-0.2, -0.15) is 0 Å². The molecule has 1 aliphatic carbocycles. The van der Waals surface area contributed by atoms with Crippen molar-refractivity contribution in [1.82, 2.24) is 20.3 Å². The lowest BCUT2D eigenvalue weighted by Gasteiger charge is -2.33. The first-order valence-electron chi connectivity index (χ1n) is 15.9. The zero-order chi connectivity index (χ0) is 32.7. The summed E-state index contributed by atoms with van der Waals surface area (Å²) in [6.45, 7) is 4.60. The highest BCUT2D eigenvalue weighted by molar-refractivity contribution is 7.89. The van der Waals surface area contributed by atoms with Gasteiger partial charge < -0.3 is 26.2 Å². The number of hydrogen-bond acceptors (Lipinski definition) is 7. The number of rotatable bonds is 19. The first kappa shape index (κ1) is 37.7. The molecule has 5 N–H and O–H groups in total. The molecular weight excluding hydrogens is 580 g/mol. The van der Waals surface area contributed by atoms with Gasteiger partial charge in [0.15, 0.2) is 0 Å². The molecule has 0 aromatic heterocycles. The number of benzene rings is 1. The third-order valence-corrected chi connectivity index (χ3v) is 10.3. The van der Waals surface area contributed by atoms with E-state index in [-0.39, 0.29) is 25.3 Å². The first-order chi connectivity index (χ1) is 20.9. The van der Waals surface area contributed by atoms with Crippen molar-refractivity contribution in [2.75, 3.05) is 32.9 Å². The van der Waals surface area contributed by atoms with Crippen LogP contribution >= 0.6 is 0 Å². The number of amides is 2. The zero-order valence-corrected chi connectivity index (χ0v) is 27.7. The minimum atomic E-state index is -3.80. The molecule has 1 fully saturated rings. The molecule has 1 aromatic rings. The molecule has 1 saturated carbocycles. The fourth-order valence-electron chi connectivity index (χ4n) is 5.77. The maximum atomic E-state index is 13.7. The molecule has 0 saturated heterocycles. The molecule has 0 radical (unpaired) electrons. The van der Waals surface area contributed by atoms with Gasteiger partial charge in [0.25, 0.3) is 0 Å². The molecule has 2 amide bonds. The van der Waals surface area contributed by atoms with E-state index in [2.05, 4.69) is 21.9 Å². The molecule has 44 heavy (non-hydrogen) atoms. The van der Waals surface area contributed by atoms with E-state index in [1.165, 1.54) is 11.4 Å². The number of nitrogens with one attached hydrogen (secondary N) is 3. The molecule has 11 heteroatoms. The van der Waals surface area contributed by atoms with Crippen LogP contribution in [0.5, 0.6) is 0 Å². The smallest absolute Gasteiger partial charge is 0.243 e. The van der Waals surface area contributed by atoms with E-state index in [0.717, 1.165) is 37.7 Å². The van der Waals surface area contributed by atoms with Crippen LogP contribution < -0.4 is 16.0 Å². The minimum Gasteiger partial charge on any atom is -0.390 e. The molecule has 0 aliphatic heterocycles. The molecule has 0 spiro atoms. The zero-order valence-electron chi connectivity index (χ0n) is 26.9. The second kappa shape index (κ2) is 19.1. The number of hydrogen-bond donors (Lipinski definition) is 5. The normalized spacial score (nSPS) is 17.8. The summed E-state index contributed by atoms with van der Waals surface area (Å²) in [6.07, 6.45) is 9.61. The predicted molar refractivity (Wildman–Crippen MR) is 174 cm³/mol. The number of carbonyl (C=O) groups is 2. The van der Waals surface area contributed by atoms with Crippen molar-refractivity contribution in [1.29, 1.82) is 0 Å². The topological polar surface area (TPSA) is 148 Å². The predicted octanol–water partition coefficient (Wildman–Crippen LogP) is 2.06. The minimum absolute atomic E-state index is 0.120. The molecular formula is C33H54N4O6S. The Morgan fingerprint density at radius 3 is 2.32 bits per heavy atom. The third-order valence-electron chi connectivity index (χ3n) is 8.37. The molecule has 5 atom stereocenters. The van der Waals surface area contributed by atoms with Crippen molar-refractivity contribution >= 4 is 21.8 Å². The lowest BCUT2D eigenvalue weighted by atomic mass is 9.82. The average Bonchev–Trinajstić information content (AvgIpc) is 2.99. The van der Waals surface area contributed by atoms with Crippen molar-refractivity contribution in [2.24, 2.45) is 17.8 Å². The highest BCUT2D eigenvalue weighted by Gasteiger charge is 2.35. The lowest BCUT2D eigenvalue weighted by Crippen LogP contribution is -2.56. The molecule has 0 bridgehead atoms. The Hall–Kier alpha value is -2.49. The van der Waals surface area contributed by atoms with Crippen LogP contribution in [0, 0.1) is 30.1 Å². The Morgan fingerprint density at radius 2 is 1.73 bits per heavy atom. The Bertz CT molecular complexity index is 1150. The summed E-state index contributed by atoms with van der Waals surface area (Å²) in [7, 11) is -0.596. The molecule has 10 nitrogen and oxygen atoms in total. The van der Waals surface area contributed by atoms with Crippen LogP contribution in [0.25, 0.3) is 0 Å². The van der Waals surface area contributed by atoms with Crippen molar-refractivity contribution in [3.05, 3.63) is 35.9 Å². The number of likely N-dealkylation sites (N-methyl/N-ethyl adjacent to an activating group) is 2. The largest absolute Gasteiger partial charge is 0.390 e. The Balaban J connectivity index is 2.26. The second-order valence-electron chi connectivity index (χ2n) is 12.6. The quantitative estimate of drug-likeness (QED) is 0.146. The number of sulfonamides is 1. The molecule has 1 aromatic carbocycles. The van der Waals surface area contributed by atoms with Crippen molar-refractivity contribution < 1.29 is 28.2 Å².